The summed E-state index contributed by atoms with van der Waals surface area (Å²) in [5, 5.41) is 0. The summed E-state index contributed by atoms with van der Waals surface area (Å²) in [4.78, 5) is 23.3. The van der Waals surface area contributed by atoms with Crippen LogP contribution in [0.1, 0.15) is 39.2 Å². The van der Waals surface area contributed by atoms with Gasteiger partial charge in [-0.05, 0) is 31.5 Å². The fraction of sp³-hybridized carbons (Fsp3) is 0.500. The molecule has 104 valence electrons. The average molecular weight is 262 g/mol. The molecule has 0 aliphatic carbocycles. The van der Waals surface area contributed by atoms with Crippen LogP contribution in [0.4, 0.5) is 0 Å². The van der Waals surface area contributed by atoms with Crippen LogP contribution in [0.2, 0.25) is 0 Å². The van der Waals surface area contributed by atoms with Crippen LogP contribution in [-0.4, -0.2) is 18.7 Å². The molecule has 1 aromatic rings. The second-order valence-corrected chi connectivity index (χ2v) is 5.10. The van der Waals surface area contributed by atoms with Crippen molar-refractivity contribution in [3.63, 3.8) is 0 Å². The Kier molecular flexibility index (Phi) is 5.28. The summed E-state index contributed by atoms with van der Waals surface area (Å²) in [7, 11) is 1.61. The average Bonchev–Trinajstić information content (AvgIpc) is 2.39. The Morgan fingerprint density at radius 1 is 0.947 bits per heavy atom. The molecule has 0 spiro atoms. The van der Waals surface area contributed by atoms with E-state index in [1.807, 2.05) is 38.1 Å². The smallest absolute Gasteiger partial charge is 0.133 e. The van der Waals surface area contributed by atoms with Crippen LogP contribution in [0.3, 0.4) is 0 Å². The van der Waals surface area contributed by atoms with E-state index in [-0.39, 0.29) is 29.3 Å². The Bertz CT molecular complexity index is 428. The SMILES string of the molecule is COc1ccc(C(C(C)C(C)=O)C(C)C(C)=O)cc1. The highest BCUT2D eigenvalue weighted by atomic mass is 16.5. The van der Waals surface area contributed by atoms with E-state index < -0.39 is 0 Å². The third-order valence-electron chi connectivity index (χ3n) is 3.86. The molecule has 3 heteroatoms. The molecule has 0 aromatic heterocycles. The molecule has 2 atom stereocenters. The largest absolute Gasteiger partial charge is 0.497 e. The predicted molar refractivity (Wildman–Crippen MR) is 75.4 cm³/mol. The quantitative estimate of drug-likeness (QED) is 0.790. The van der Waals surface area contributed by atoms with Crippen LogP contribution in [0.5, 0.6) is 5.75 Å². The first kappa shape index (κ1) is 15.4. The molecule has 0 aliphatic rings. The van der Waals surface area contributed by atoms with Gasteiger partial charge in [0.2, 0.25) is 0 Å². The second-order valence-electron chi connectivity index (χ2n) is 5.10. The summed E-state index contributed by atoms with van der Waals surface area (Å²) < 4.78 is 5.13. The molecule has 0 saturated heterocycles. The van der Waals surface area contributed by atoms with Crippen LogP contribution in [0.15, 0.2) is 24.3 Å². The minimum Gasteiger partial charge on any atom is -0.497 e. The van der Waals surface area contributed by atoms with Crippen LogP contribution in [0, 0.1) is 11.8 Å². The van der Waals surface area contributed by atoms with Crippen molar-refractivity contribution in [3.8, 4) is 5.75 Å². The van der Waals surface area contributed by atoms with Gasteiger partial charge in [0.25, 0.3) is 0 Å². The molecule has 0 fully saturated rings. The topological polar surface area (TPSA) is 43.4 Å². The zero-order valence-electron chi connectivity index (χ0n) is 12.3. The minimum atomic E-state index is -0.174. The van der Waals surface area contributed by atoms with Crippen molar-refractivity contribution in [2.75, 3.05) is 7.11 Å². The lowest BCUT2D eigenvalue weighted by Gasteiger charge is -2.27. The third kappa shape index (κ3) is 3.66. The monoisotopic (exact) mass is 262 g/mol. The molecule has 0 radical (unpaired) electrons. The van der Waals surface area contributed by atoms with Crippen LogP contribution in [-0.2, 0) is 9.59 Å². The van der Waals surface area contributed by atoms with E-state index in [0.717, 1.165) is 11.3 Å². The van der Waals surface area contributed by atoms with E-state index in [1.165, 1.54) is 0 Å². The second kappa shape index (κ2) is 6.50. The first-order valence-corrected chi connectivity index (χ1v) is 6.53. The van der Waals surface area contributed by atoms with E-state index in [1.54, 1.807) is 21.0 Å². The zero-order chi connectivity index (χ0) is 14.6. The zero-order valence-corrected chi connectivity index (χ0v) is 12.3. The fourth-order valence-electron chi connectivity index (χ4n) is 2.34. The van der Waals surface area contributed by atoms with Gasteiger partial charge in [-0.1, -0.05) is 26.0 Å². The Hall–Kier alpha value is -1.64. The van der Waals surface area contributed by atoms with Crippen molar-refractivity contribution in [2.45, 2.75) is 33.6 Å². The molecule has 3 nitrogen and oxygen atoms in total. The number of hydrogen-bond acceptors (Lipinski definition) is 3. The van der Waals surface area contributed by atoms with Crippen molar-refractivity contribution in [1.29, 1.82) is 0 Å². The fourth-order valence-corrected chi connectivity index (χ4v) is 2.34. The van der Waals surface area contributed by atoms with Crippen molar-refractivity contribution in [1.82, 2.24) is 0 Å². The van der Waals surface area contributed by atoms with Gasteiger partial charge in [-0.15, -0.1) is 0 Å². The van der Waals surface area contributed by atoms with Gasteiger partial charge in [-0.25, -0.2) is 0 Å². The Labute approximate surface area is 115 Å². The Balaban J connectivity index is 3.14. The molecule has 0 saturated carbocycles. The standard InChI is InChI=1S/C16H22O3/c1-10(12(3)17)16(11(2)13(4)18)14-6-8-15(19-5)9-7-14/h6-11,16H,1-5H3. The van der Waals surface area contributed by atoms with E-state index in [0.29, 0.717) is 0 Å². The van der Waals surface area contributed by atoms with E-state index in [2.05, 4.69) is 0 Å². The highest BCUT2D eigenvalue weighted by Gasteiger charge is 2.30. The van der Waals surface area contributed by atoms with Gasteiger partial charge in [0, 0.05) is 17.8 Å². The van der Waals surface area contributed by atoms with Gasteiger partial charge in [0.05, 0.1) is 7.11 Å². The summed E-state index contributed by atoms with van der Waals surface area (Å²) in [5.41, 5.74) is 1.01. The van der Waals surface area contributed by atoms with E-state index in [9.17, 15) is 9.59 Å². The molecule has 0 bridgehead atoms. The summed E-state index contributed by atoms with van der Waals surface area (Å²) in [6.45, 7) is 6.93. The number of hydrogen-bond donors (Lipinski definition) is 0. The number of ketones is 2. The van der Waals surface area contributed by atoms with Crippen molar-refractivity contribution in [2.24, 2.45) is 11.8 Å². The predicted octanol–water partition coefficient (Wildman–Crippen LogP) is 3.23. The maximum Gasteiger partial charge on any atom is 0.133 e. The highest BCUT2D eigenvalue weighted by molar-refractivity contribution is 5.83. The lowest BCUT2D eigenvalue weighted by atomic mass is 9.75. The number of carbonyl (C=O) groups is 2. The van der Waals surface area contributed by atoms with E-state index >= 15 is 0 Å². The number of methoxy groups -OCH3 is 1. The molecule has 1 aromatic carbocycles. The summed E-state index contributed by atoms with van der Waals surface area (Å²) in [6.07, 6.45) is 0. The van der Waals surface area contributed by atoms with Crippen molar-refractivity contribution >= 4 is 11.6 Å². The highest BCUT2D eigenvalue weighted by Crippen LogP contribution is 2.34. The molecule has 1 rings (SSSR count). The molecule has 0 aliphatic heterocycles. The molecule has 0 N–H and O–H groups in total. The van der Waals surface area contributed by atoms with Crippen LogP contribution >= 0.6 is 0 Å². The summed E-state index contributed by atoms with van der Waals surface area (Å²) >= 11 is 0. The van der Waals surface area contributed by atoms with Gasteiger partial charge in [0.15, 0.2) is 0 Å². The molecule has 0 heterocycles. The molecule has 19 heavy (non-hydrogen) atoms. The molecular formula is C16H22O3. The van der Waals surface area contributed by atoms with Gasteiger partial charge in [-0.2, -0.15) is 0 Å². The van der Waals surface area contributed by atoms with Crippen LogP contribution < -0.4 is 4.74 Å². The first-order valence-electron chi connectivity index (χ1n) is 6.53. The van der Waals surface area contributed by atoms with Gasteiger partial charge >= 0.3 is 0 Å². The van der Waals surface area contributed by atoms with Crippen LogP contribution in [0.25, 0.3) is 0 Å². The maximum atomic E-state index is 11.7. The Morgan fingerprint density at radius 3 is 1.68 bits per heavy atom. The summed E-state index contributed by atoms with van der Waals surface area (Å²) in [6, 6.07) is 7.59. The van der Waals surface area contributed by atoms with Gasteiger partial charge < -0.3 is 4.74 Å². The van der Waals surface area contributed by atoms with Crippen molar-refractivity contribution in [3.05, 3.63) is 29.8 Å². The third-order valence-corrected chi connectivity index (χ3v) is 3.86. The number of Topliss-reactive ketones (excluding diaryl/α,β-unsaturated/α-hetero) is 2. The maximum absolute atomic E-state index is 11.7. The number of benzene rings is 1. The number of carbonyl (C=O) groups excluding carboxylic acids is 2. The lowest BCUT2D eigenvalue weighted by Crippen LogP contribution is -2.26. The lowest BCUT2D eigenvalue weighted by molar-refractivity contribution is -0.124. The summed E-state index contributed by atoms with van der Waals surface area (Å²) in [5.74, 6) is 0.553. The molecule has 0 amide bonds. The number of ether oxygens (including phenoxy) is 1. The van der Waals surface area contributed by atoms with Gasteiger partial charge in [0.1, 0.15) is 17.3 Å². The Morgan fingerprint density at radius 2 is 1.37 bits per heavy atom. The minimum absolute atomic E-state index is 0.0825. The van der Waals surface area contributed by atoms with Gasteiger partial charge in [-0.3, -0.25) is 9.59 Å². The molecular weight excluding hydrogens is 240 g/mol. The number of rotatable bonds is 6. The molecule has 2 unspecified atom stereocenters. The first-order chi connectivity index (χ1) is 8.88. The normalized spacial score (nSPS) is 15.4. The van der Waals surface area contributed by atoms with E-state index in [4.69, 9.17) is 4.74 Å². The van der Waals surface area contributed by atoms with Crippen molar-refractivity contribution < 1.29 is 14.3 Å².